The van der Waals surface area contributed by atoms with Crippen LogP contribution in [-0.4, -0.2) is 43.0 Å². The second kappa shape index (κ2) is 6.08. The van der Waals surface area contributed by atoms with Gasteiger partial charge in [-0.2, -0.15) is 0 Å². The first-order valence-electron chi connectivity index (χ1n) is 5.88. The van der Waals surface area contributed by atoms with Crippen molar-refractivity contribution in [1.82, 2.24) is 10.2 Å². The lowest BCUT2D eigenvalue weighted by Gasteiger charge is -2.20. The summed E-state index contributed by atoms with van der Waals surface area (Å²) in [5.41, 5.74) is 5.34. The van der Waals surface area contributed by atoms with Crippen molar-refractivity contribution in [1.29, 1.82) is 0 Å². The first-order chi connectivity index (χ1) is 7.15. The predicted octanol–water partition coefficient (Wildman–Crippen LogP) is 0.324. The highest BCUT2D eigenvalue weighted by Gasteiger charge is 2.26. The van der Waals surface area contributed by atoms with E-state index in [4.69, 9.17) is 5.73 Å². The lowest BCUT2D eigenvalue weighted by atomic mass is 10.2. The lowest BCUT2D eigenvalue weighted by molar-refractivity contribution is -0.120. The number of nitrogens with one attached hydrogen (secondary N) is 1. The fourth-order valence-electron chi connectivity index (χ4n) is 1.69. The van der Waals surface area contributed by atoms with Crippen molar-refractivity contribution in [2.45, 2.75) is 44.7 Å². The standard InChI is InChI=1S/C11H23N3O/c1-3-7-13-10(11(12)15)6-8-14(2)9-4-5-9/h9-10,13H,3-8H2,1-2H3,(H2,12,15). The molecule has 0 aliphatic heterocycles. The van der Waals surface area contributed by atoms with Crippen LogP contribution in [0.2, 0.25) is 0 Å². The molecule has 1 saturated carbocycles. The van der Waals surface area contributed by atoms with Gasteiger partial charge in [-0.15, -0.1) is 0 Å². The SMILES string of the molecule is CCCNC(CCN(C)C1CC1)C(N)=O. The summed E-state index contributed by atoms with van der Waals surface area (Å²) in [6.07, 6.45) is 4.46. The maximum absolute atomic E-state index is 11.1. The van der Waals surface area contributed by atoms with E-state index in [1.54, 1.807) is 0 Å². The van der Waals surface area contributed by atoms with Gasteiger partial charge in [0.2, 0.25) is 5.91 Å². The maximum atomic E-state index is 11.1. The molecule has 1 amide bonds. The highest BCUT2D eigenvalue weighted by atomic mass is 16.1. The predicted molar refractivity (Wildman–Crippen MR) is 61.5 cm³/mol. The second-order valence-corrected chi connectivity index (χ2v) is 4.41. The molecule has 1 rings (SSSR count). The average Bonchev–Trinajstić information content (AvgIpc) is 3.00. The molecule has 0 bridgehead atoms. The normalized spacial score (nSPS) is 18.1. The van der Waals surface area contributed by atoms with Gasteiger partial charge in [0.15, 0.2) is 0 Å². The van der Waals surface area contributed by atoms with Crippen LogP contribution >= 0.6 is 0 Å². The third kappa shape index (κ3) is 4.62. The molecule has 0 aromatic rings. The summed E-state index contributed by atoms with van der Waals surface area (Å²) >= 11 is 0. The molecule has 15 heavy (non-hydrogen) atoms. The van der Waals surface area contributed by atoms with Crippen molar-refractivity contribution in [3.05, 3.63) is 0 Å². The van der Waals surface area contributed by atoms with Gasteiger partial charge in [-0.1, -0.05) is 6.92 Å². The quantitative estimate of drug-likeness (QED) is 0.610. The van der Waals surface area contributed by atoms with Gasteiger partial charge in [-0.05, 0) is 39.3 Å². The van der Waals surface area contributed by atoms with Crippen molar-refractivity contribution in [2.24, 2.45) is 5.73 Å². The molecule has 4 nitrogen and oxygen atoms in total. The van der Waals surface area contributed by atoms with Crippen LogP contribution in [0.5, 0.6) is 0 Å². The van der Waals surface area contributed by atoms with Crippen LogP contribution in [-0.2, 0) is 4.79 Å². The fraction of sp³-hybridized carbons (Fsp3) is 0.909. The molecule has 0 saturated heterocycles. The molecular weight excluding hydrogens is 190 g/mol. The van der Waals surface area contributed by atoms with Crippen molar-refractivity contribution < 1.29 is 4.79 Å². The van der Waals surface area contributed by atoms with Gasteiger partial charge in [0.1, 0.15) is 0 Å². The van der Waals surface area contributed by atoms with Crippen LogP contribution in [0.25, 0.3) is 0 Å². The van der Waals surface area contributed by atoms with E-state index >= 15 is 0 Å². The molecular formula is C11H23N3O. The number of carbonyl (C=O) groups is 1. The van der Waals surface area contributed by atoms with E-state index in [0.29, 0.717) is 0 Å². The molecule has 1 atom stereocenters. The van der Waals surface area contributed by atoms with Gasteiger partial charge in [0.25, 0.3) is 0 Å². The summed E-state index contributed by atoms with van der Waals surface area (Å²) in [7, 11) is 2.12. The summed E-state index contributed by atoms with van der Waals surface area (Å²) in [4.78, 5) is 13.5. The Labute approximate surface area is 92.2 Å². The summed E-state index contributed by atoms with van der Waals surface area (Å²) < 4.78 is 0. The second-order valence-electron chi connectivity index (χ2n) is 4.41. The number of primary amides is 1. The number of carbonyl (C=O) groups excluding carboxylic acids is 1. The molecule has 1 aliphatic carbocycles. The highest BCUT2D eigenvalue weighted by molar-refractivity contribution is 5.79. The topological polar surface area (TPSA) is 58.4 Å². The van der Waals surface area contributed by atoms with Crippen molar-refractivity contribution >= 4 is 5.91 Å². The van der Waals surface area contributed by atoms with Gasteiger partial charge >= 0.3 is 0 Å². The Hall–Kier alpha value is -0.610. The summed E-state index contributed by atoms with van der Waals surface area (Å²) in [5.74, 6) is -0.229. The monoisotopic (exact) mass is 213 g/mol. The molecule has 0 spiro atoms. The van der Waals surface area contributed by atoms with Gasteiger partial charge in [0, 0.05) is 12.6 Å². The molecule has 4 heteroatoms. The Morgan fingerprint density at radius 3 is 2.73 bits per heavy atom. The molecule has 1 fully saturated rings. The molecule has 0 aromatic carbocycles. The summed E-state index contributed by atoms with van der Waals surface area (Å²) in [6.45, 7) is 3.90. The molecule has 0 heterocycles. The molecule has 88 valence electrons. The highest BCUT2D eigenvalue weighted by Crippen LogP contribution is 2.25. The van der Waals surface area contributed by atoms with E-state index in [2.05, 4.69) is 24.2 Å². The largest absolute Gasteiger partial charge is 0.368 e. The third-order valence-corrected chi connectivity index (χ3v) is 2.92. The zero-order valence-corrected chi connectivity index (χ0v) is 9.83. The number of hydrogen-bond donors (Lipinski definition) is 2. The first kappa shape index (κ1) is 12.5. The van der Waals surface area contributed by atoms with E-state index in [1.807, 2.05) is 0 Å². The van der Waals surface area contributed by atoms with Crippen LogP contribution in [0, 0.1) is 0 Å². The van der Waals surface area contributed by atoms with Gasteiger partial charge in [0.05, 0.1) is 6.04 Å². The van der Waals surface area contributed by atoms with Crippen LogP contribution in [0.15, 0.2) is 0 Å². The average molecular weight is 213 g/mol. The fourth-order valence-corrected chi connectivity index (χ4v) is 1.69. The molecule has 0 aromatic heterocycles. The Morgan fingerprint density at radius 2 is 2.27 bits per heavy atom. The van der Waals surface area contributed by atoms with E-state index in [0.717, 1.165) is 32.0 Å². The third-order valence-electron chi connectivity index (χ3n) is 2.92. The minimum Gasteiger partial charge on any atom is -0.368 e. The van der Waals surface area contributed by atoms with Crippen molar-refractivity contribution in [3.8, 4) is 0 Å². The number of amides is 1. The summed E-state index contributed by atoms with van der Waals surface area (Å²) in [6, 6.07) is 0.593. The van der Waals surface area contributed by atoms with E-state index in [1.165, 1.54) is 12.8 Å². The van der Waals surface area contributed by atoms with Crippen molar-refractivity contribution in [2.75, 3.05) is 20.1 Å². The minimum atomic E-state index is -0.229. The zero-order chi connectivity index (χ0) is 11.3. The van der Waals surface area contributed by atoms with Crippen LogP contribution < -0.4 is 11.1 Å². The van der Waals surface area contributed by atoms with E-state index in [9.17, 15) is 4.79 Å². The Kier molecular flexibility index (Phi) is 5.05. The minimum absolute atomic E-state index is 0.161. The Bertz CT molecular complexity index is 204. The van der Waals surface area contributed by atoms with E-state index in [-0.39, 0.29) is 11.9 Å². The molecule has 1 aliphatic rings. The van der Waals surface area contributed by atoms with Crippen LogP contribution in [0.4, 0.5) is 0 Å². The van der Waals surface area contributed by atoms with Crippen LogP contribution in [0.3, 0.4) is 0 Å². The number of hydrogen-bond acceptors (Lipinski definition) is 3. The molecule has 3 N–H and O–H groups in total. The van der Waals surface area contributed by atoms with Gasteiger partial charge in [-0.3, -0.25) is 4.79 Å². The summed E-state index contributed by atoms with van der Waals surface area (Å²) in [5, 5.41) is 3.18. The smallest absolute Gasteiger partial charge is 0.234 e. The van der Waals surface area contributed by atoms with Gasteiger partial charge < -0.3 is 16.0 Å². The number of nitrogens with two attached hydrogens (primary N) is 1. The van der Waals surface area contributed by atoms with Gasteiger partial charge in [-0.25, -0.2) is 0 Å². The zero-order valence-electron chi connectivity index (χ0n) is 9.83. The molecule has 0 radical (unpaired) electrons. The Balaban J connectivity index is 2.20. The molecule has 1 unspecified atom stereocenters. The maximum Gasteiger partial charge on any atom is 0.234 e. The lowest BCUT2D eigenvalue weighted by Crippen LogP contribution is -2.43. The first-order valence-corrected chi connectivity index (χ1v) is 5.88. The van der Waals surface area contributed by atoms with Crippen molar-refractivity contribution in [3.63, 3.8) is 0 Å². The Morgan fingerprint density at radius 1 is 1.60 bits per heavy atom. The van der Waals surface area contributed by atoms with E-state index < -0.39 is 0 Å². The number of rotatable bonds is 8. The van der Waals surface area contributed by atoms with Crippen LogP contribution in [0.1, 0.15) is 32.6 Å². The number of nitrogens with zero attached hydrogens (tertiary/aromatic N) is 1.